The minimum Gasteiger partial charge on any atom is -0.322 e. The van der Waals surface area contributed by atoms with Crippen molar-refractivity contribution in [2.24, 2.45) is 0 Å². The second-order valence-corrected chi connectivity index (χ2v) is 8.00. The number of carbonyl (C=O) groups is 1. The van der Waals surface area contributed by atoms with Crippen LogP contribution in [0.2, 0.25) is 0 Å². The molecule has 3 rings (SSSR count). The summed E-state index contributed by atoms with van der Waals surface area (Å²) in [5.41, 5.74) is 0.652. The zero-order valence-electron chi connectivity index (χ0n) is 15.2. The number of rotatable bonds is 7. The fourth-order valence-electron chi connectivity index (χ4n) is 2.69. The zero-order valence-corrected chi connectivity index (χ0v) is 16.0. The standard InChI is InChI=1S/C21H18F2N2O3S/c22-16-10-12-17(13-11-16)29(27,28)25-20(14-15-6-2-1-3-7-15)21(26)24-19-9-5-4-8-18(19)23/h1-13,20,25H,14H2,(H,24,26). The summed E-state index contributed by atoms with van der Waals surface area (Å²) in [6, 6.07) is 17.4. The number of carbonyl (C=O) groups excluding carboxylic acids is 1. The van der Waals surface area contributed by atoms with E-state index >= 15 is 0 Å². The van der Waals surface area contributed by atoms with Crippen molar-refractivity contribution in [3.05, 3.63) is 96.1 Å². The molecule has 0 aliphatic carbocycles. The molecule has 3 aromatic rings. The second kappa shape index (κ2) is 8.93. The van der Waals surface area contributed by atoms with Crippen molar-refractivity contribution in [3.8, 4) is 0 Å². The molecular formula is C21H18F2N2O3S. The van der Waals surface area contributed by atoms with E-state index in [9.17, 15) is 22.0 Å². The van der Waals surface area contributed by atoms with E-state index in [0.29, 0.717) is 5.56 Å². The van der Waals surface area contributed by atoms with Gasteiger partial charge in [-0.05, 0) is 48.4 Å². The Kier molecular flexibility index (Phi) is 6.36. The number of amides is 1. The quantitative estimate of drug-likeness (QED) is 0.619. The predicted molar refractivity (Wildman–Crippen MR) is 106 cm³/mol. The van der Waals surface area contributed by atoms with Crippen molar-refractivity contribution in [3.63, 3.8) is 0 Å². The van der Waals surface area contributed by atoms with Gasteiger partial charge in [-0.1, -0.05) is 42.5 Å². The smallest absolute Gasteiger partial charge is 0.242 e. The van der Waals surface area contributed by atoms with Gasteiger partial charge < -0.3 is 5.32 Å². The first-order chi connectivity index (χ1) is 13.8. The zero-order chi connectivity index (χ0) is 20.9. The number of nitrogens with one attached hydrogen (secondary N) is 2. The van der Waals surface area contributed by atoms with E-state index in [1.165, 1.54) is 18.2 Å². The molecule has 2 N–H and O–H groups in total. The Hall–Kier alpha value is -3.10. The molecule has 0 aromatic heterocycles. The lowest BCUT2D eigenvalue weighted by Crippen LogP contribution is -2.45. The summed E-state index contributed by atoms with van der Waals surface area (Å²) in [6.45, 7) is 0. The lowest BCUT2D eigenvalue weighted by Gasteiger charge is -2.19. The topological polar surface area (TPSA) is 75.3 Å². The molecule has 3 aromatic carbocycles. The summed E-state index contributed by atoms with van der Waals surface area (Å²) in [5.74, 6) is -1.94. The van der Waals surface area contributed by atoms with E-state index in [1.807, 2.05) is 0 Å². The Morgan fingerprint density at radius 3 is 2.14 bits per heavy atom. The summed E-state index contributed by atoms with van der Waals surface area (Å²) in [4.78, 5) is 12.6. The van der Waals surface area contributed by atoms with Crippen LogP contribution in [0.3, 0.4) is 0 Å². The highest BCUT2D eigenvalue weighted by Gasteiger charge is 2.26. The van der Waals surface area contributed by atoms with Gasteiger partial charge >= 0.3 is 0 Å². The highest BCUT2D eigenvalue weighted by molar-refractivity contribution is 7.89. The molecule has 0 fully saturated rings. The van der Waals surface area contributed by atoms with Crippen molar-refractivity contribution in [1.29, 1.82) is 0 Å². The summed E-state index contributed by atoms with van der Waals surface area (Å²) < 4.78 is 54.7. The first kappa shape index (κ1) is 20.6. The first-order valence-electron chi connectivity index (χ1n) is 8.72. The first-order valence-corrected chi connectivity index (χ1v) is 10.2. The summed E-state index contributed by atoms with van der Waals surface area (Å²) in [6.07, 6.45) is 0.0432. The van der Waals surface area contributed by atoms with Crippen LogP contribution in [0.15, 0.2) is 83.8 Å². The van der Waals surface area contributed by atoms with E-state index < -0.39 is 33.6 Å². The van der Waals surface area contributed by atoms with Gasteiger partial charge in [-0.15, -0.1) is 0 Å². The number of hydrogen-bond acceptors (Lipinski definition) is 3. The van der Waals surface area contributed by atoms with Crippen molar-refractivity contribution >= 4 is 21.6 Å². The van der Waals surface area contributed by atoms with E-state index in [4.69, 9.17) is 0 Å². The third kappa shape index (κ3) is 5.46. The summed E-state index contributed by atoms with van der Waals surface area (Å²) >= 11 is 0. The van der Waals surface area contributed by atoms with Crippen LogP contribution in [-0.4, -0.2) is 20.4 Å². The van der Waals surface area contributed by atoms with E-state index in [1.54, 1.807) is 36.4 Å². The molecule has 0 aliphatic rings. The van der Waals surface area contributed by atoms with Gasteiger partial charge in [0.2, 0.25) is 15.9 Å². The van der Waals surface area contributed by atoms with Gasteiger partial charge in [0.15, 0.2) is 0 Å². The molecule has 0 aliphatic heterocycles. The van der Waals surface area contributed by atoms with Crippen LogP contribution in [-0.2, 0) is 21.2 Å². The number of halogens is 2. The molecule has 0 saturated heterocycles. The highest BCUT2D eigenvalue weighted by Crippen LogP contribution is 2.16. The van der Waals surface area contributed by atoms with Crippen molar-refractivity contribution in [2.75, 3.05) is 5.32 Å². The average Bonchev–Trinajstić information content (AvgIpc) is 2.70. The van der Waals surface area contributed by atoms with Crippen LogP contribution in [0.4, 0.5) is 14.5 Å². The third-order valence-corrected chi connectivity index (χ3v) is 5.64. The van der Waals surface area contributed by atoms with E-state index in [-0.39, 0.29) is 17.0 Å². The van der Waals surface area contributed by atoms with Gasteiger partial charge in [-0.2, -0.15) is 4.72 Å². The van der Waals surface area contributed by atoms with E-state index in [0.717, 1.165) is 24.3 Å². The van der Waals surface area contributed by atoms with Gasteiger partial charge in [0.1, 0.15) is 17.7 Å². The second-order valence-electron chi connectivity index (χ2n) is 6.29. The Morgan fingerprint density at radius 2 is 1.48 bits per heavy atom. The van der Waals surface area contributed by atoms with Crippen LogP contribution in [0.5, 0.6) is 0 Å². The minimum absolute atomic E-state index is 0.0432. The molecule has 150 valence electrons. The molecule has 1 amide bonds. The average molecular weight is 416 g/mol. The van der Waals surface area contributed by atoms with Crippen LogP contribution >= 0.6 is 0 Å². The van der Waals surface area contributed by atoms with Crippen LogP contribution in [0, 0.1) is 11.6 Å². The Morgan fingerprint density at radius 1 is 0.862 bits per heavy atom. The fourth-order valence-corrected chi connectivity index (χ4v) is 3.88. The Balaban J connectivity index is 1.87. The van der Waals surface area contributed by atoms with Crippen molar-refractivity contribution in [1.82, 2.24) is 4.72 Å². The highest BCUT2D eigenvalue weighted by atomic mass is 32.2. The van der Waals surface area contributed by atoms with Gasteiger partial charge in [0.05, 0.1) is 10.6 Å². The molecular weight excluding hydrogens is 398 g/mol. The van der Waals surface area contributed by atoms with Gasteiger partial charge in [0, 0.05) is 0 Å². The number of benzene rings is 3. The third-order valence-electron chi connectivity index (χ3n) is 4.15. The van der Waals surface area contributed by atoms with Gasteiger partial charge in [0.25, 0.3) is 0 Å². The minimum atomic E-state index is -4.12. The Labute approximate surface area is 167 Å². The molecule has 1 atom stereocenters. The number of anilines is 1. The largest absolute Gasteiger partial charge is 0.322 e. The van der Waals surface area contributed by atoms with Crippen LogP contribution in [0.1, 0.15) is 5.56 Å². The van der Waals surface area contributed by atoms with Crippen LogP contribution in [0.25, 0.3) is 0 Å². The number of hydrogen-bond donors (Lipinski definition) is 2. The lowest BCUT2D eigenvalue weighted by molar-refractivity contribution is -0.117. The molecule has 1 unspecified atom stereocenters. The molecule has 0 radical (unpaired) electrons. The number of para-hydroxylation sites is 1. The molecule has 29 heavy (non-hydrogen) atoms. The molecule has 0 spiro atoms. The Bertz CT molecular complexity index is 1090. The SMILES string of the molecule is O=C(Nc1ccccc1F)C(Cc1ccccc1)NS(=O)(=O)c1ccc(F)cc1. The predicted octanol–water partition coefficient (Wildman–Crippen LogP) is 3.49. The van der Waals surface area contributed by atoms with Gasteiger partial charge in [-0.25, -0.2) is 17.2 Å². The maximum absolute atomic E-state index is 13.9. The van der Waals surface area contributed by atoms with Crippen molar-refractivity contribution < 1.29 is 22.0 Å². The van der Waals surface area contributed by atoms with Gasteiger partial charge in [-0.3, -0.25) is 4.79 Å². The lowest BCUT2D eigenvalue weighted by atomic mass is 10.1. The number of sulfonamides is 1. The van der Waals surface area contributed by atoms with E-state index in [2.05, 4.69) is 10.0 Å². The molecule has 5 nitrogen and oxygen atoms in total. The molecule has 0 saturated carbocycles. The summed E-state index contributed by atoms with van der Waals surface area (Å²) in [5, 5.41) is 2.41. The maximum Gasteiger partial charge on any atom is 0.242 e. The monoisotopic (exact) mass is 416 g/mol. The van der Waals surface area contributed by atoms with Crippen LogP contribution < -0.4 is 10.0 Å². The summed E-state index contributed by atoms with van der Waals surface area (Å²) in [7, 11) is -4.12. The maximum atomic E-state index is 13.9. The molecule has 0 heterocycles. The van der Waals surface area contributed by atoms with Crippen molar-refractivity contribution in [2.45, 2.75) is 17.4 Å². The molecule has 8 heteroatoms. The normalized spacial score (nSPS) is 12.3. The molecule has 0 bridgehead atoms. The fraction of sp³-hybridized carbons (Fsp3) is 0.0952.